The molecule has 0 saturated carbocycles. The molecule has 6 nitrogen and oxygen atoms in total. The van der Waals surface area contributed by atoms with Crippen molar-refractivity contribution in [3.8, 4) is 0 Å². The summed E-state index contributed by atoms with van der Waals surface area (Å²) in [4.78, 5) is 36.4. The number of hydrogen-bond acceptors (Lipinski definition) is 5. The fourth-order valence-corrected chi connectivity index (χ4v) is 4.47. The summed E-state index contributed by atoms with van der Waals surface area (Å²) in [6.07, 6.45) is -0.859. The van der Waals surface area contributed by atoms with Crippen LogP contribution < -0.4 is 14.9 Å². The van der Waals surface area contributed by atoms with Gasteiger partial charge in [0.15, 0.2) is 6.10 Å². The van der Waals surface area contributed by atoms with Crippen LogP contribution in [0.25, 0.3) is 0 Å². The van der Waals surface area contributed by atoms with Crippen molar-refractivity contribution >= 4 is 28.9 Å². The third kappa shape index (κ3) is 3.24. The average molecular weight is 428 g/mol. The molecule has 0 aromatic heterocycles. The van der Waals surface area contributed by atoms with Crippen molar-refractivity contribution in [2.24, 2.45) is 5.92 Å². The Kier molecular flexibility index (Phi) is 4.94. The van der Waals surface area contributed by atoms with E-state index in [2.05, 4.69) is 0 Å². The zero-order valence-electron chi connectivity index (χ0n) is 18.3. The maximum Gasteiger partial charge on any atom is 0.266 e. The summed E-state index contributed by atoms with van der Waals surface area (Å²) in [6.45, 7) is 1.97. The summed E-state index contributed by atoms with van der Waals surface area (Å²) in [5, 5.41) is 1.72. The molecule has 2 aliphatic heterocycles. The van der Waals surface area contributed by atoms with Crippen LogP contribution in [0.3, 0.4) is 0 Å². The Morgan fingerprint density at radius 2 is 1.44 bits per heavy atom. The highest BCUT2D eigenvalue weighted by molar-refractivity contribution is 6.23. The number of anilines is 3. The minimum atomic E-state index is -0.859. The molecule has 0 bridgehead atoms. The maximum atomic E-state index is 13.6. The number of fused-ring (bicyclic) bond motifs is 1. The molecule has 0 spiro atoms. The number of hydrogen-bond donors (Lipinski definition) is 0. The van der Waals surface area contributed by atoms with Gasteiger partial charge < -0.3 is 4.90 Å². The molecule has 2 heterocycles. The van der Waals surface area contributed by atoms with Gasteiger partial charge in [-0.05, 0) is 48.9 Å². The van der Waals surface area contributed by atoms with Crippen LogP contribution in [0.2, 0.25) is 0 Å². The molecule has 3 atom stereocenters. The molecule has 2 aliphatic rings. The lowest BCUT2D eigenvalue weighted by molar-refractivity contribution is -0.126. The predicted octanol–water partition coefficient (Wildman–Crippen LogP) is 4.11. The standard InChI is InChI=1S/C26H25N3O3/c1-17-9-13-20(14-10-17)28-25(30)22-23(18-11-15-19(16-12-18)27(2)3)29(32-24(22)26(28)31)21-7-5-4-6-8-21/h4-16,22-24H,1-3H3/t22-,23+,24-/m1/s1. The average Bonchev–Trinajstić information content (AvgIpc) is 3.31. The normalized spacial score (nSPS) is 22.4. The second-order valence-electron chi connectivity index (χ2n) is 8.49. The Labute approximate surface area is 187 Å². The van der Waals surface area contributed by atoms with Crippen LogP contribution in [-0.2, 0) is 14.4 Å². The number of benzene rings is 3. The molecule has 3 aromatic rings. The van der Waals surface area contributed by atoms with E-state index in [1.165, 1.54) is 4.90 Å². The Bertz CT molecular complexity index is 1140. The van der Waals surface area contributed by atoms with E-state index in [1.54, 1.807) is 5.06 Å². The minimum absolute atomic E-state index is 0.232. The summed E-state index contributed by atoms with van der Waals surface area (Å²) in [7, 11) is 3.97. The van der Waals surface area contributed by atoms with E-state index in [-0.39, 0.29) is 11.8 Å². The lowest BCUT2D eigenvalue weighted by atomic mass is 9.90. The minimum Gasteiger partial charge on any atom is -0.378 e. The smallest absolute Gasteiger partial charge is 0.266 e. The van der Waals surface area contributed by atoms with Crippen LogP contribution in [-0.4, -0.2) is 32.0 Å². The van der Waals surface area contributed by atoms with Crippen LogP contribution in [0.4, 0.5) is 17.1 Å². The van der Waals surface area contributed by atoms with E-state index in [0.717, 1.165) is 22.5 Å². The number of para-hydroxylation sites is 1. The van der Waals surface area contributed by atoms with Gasteiger partial charge in [0.2, 0.25) is 5.91 Å². The number of aryl methyl sites for hydroxylation is 1. The summed E-state index contributed by atoms with van der Waals surface area (Å²) in [5.74, 6) is -1.18. The largest absolute Gasteiger partial charge is 0.378 e. The first-order chi connectivity index (χ1) is 15.5. The highest BCUT2D eigenvalue weighted by Gasteiger charge is 2.60. The van der Waals surface area contributed by atoms with Gasteiger partial charge >= 0.3 is 0 Å². The van der Waals surface area contributed by atoms with Gasteiger partial charge in [-0.3, -0.25) is 14.4 Å². The number of hydroxylamine groups is 1. The third-order valence-electron chi connectivity index (χ3n) is 6.17. The monoisotopic (exact) mass is 427 g/mol. The Morgan fingerprint density at radius 3 is 2.06 bits per heavy atom. The molecular formula is C26H25N3O3. The molecular weight excluding hydrogens is 402 g/mol. The van der Waals surface area contributed by atoms with Gasteiger partial charge in [-0.2, -0.15) is 0 Å². The predicted molar refractivity (Wildman–Crippen MR) is 124 cm³/mol. The SMILES string of the molecule is Cc1ccc(N2C(=O)[C@H]3[C@@H](ON(c4ccccc4)[C@H]3c3ccc(N(C)C)cc3)C2=O)cc1. The summed E-state index contributed by atoms with van der Waals surface area (Å²) in [6, 6.07) is 24.7. The first kappa shape index (κ1) is 20.3. The molecule has 6 heteroatoms. The second-order valence-corrected chi connectivity index (χ2v) is 8.49. The number of imide groups is 1. The topological polar surface area (TPSA) is 53.1 Å². The Morgan fingerprint density at radius 1 is 0.781 bits per heavy atom. The molecule has 0 radical (unpaired) electrons. The molecule has 162 valence electrons. The fraction of sp³-hybridized carbons (Fsp3) is 0.231. The fourth-order valence-electron chi connectivity index (χ4n) is 4.47. The Balaban J connectivity index is 1.56. The summed E-state index contributed by atoms with van der Waals surface area (Å²) < 4.78 is 0. The third-order valence-corrected chi connectivity index (χ3v) is 6.17. The first-order valence-corrected chi connectivity index (χ1v) is 10.7. The van der Waals surface area contributed by atoms with Crippen LogP contribution in [0.1, 0.15) is 17.2 Å². The molecule has 3 aromatic carbocycles. The zero-order valence-corrected chi connectivity index (χ0v) is 18.3. The van der Waals surface area contributed by atoms with E-state index < -0.39 is 18.1 Å². The van der Waals surface area contributed by atoms with Crippen molar-refractivity contribution in [2.75, 3.05) is 29.0 Å². The summed E-state index contributed by atoms with van der Waals surface area (Å²) in [5.41, 5.74) is 4.45. The quantitative estimate of drug-likeness (QED) is 0.587. The molecule has 0 N–H and O–H groups in total. The molecule has 0 unspecified atom stereocenters. The molecule has 2 saturated heterocycles. The van der Waals surface area contributed by atoms with E-state index in [4.69, 9.17) is 4.84 Å². The van der Waals surface area contributed by atoms with Crippen molar-refractivity contribution in [1.29, 1.82) is 0 Å². The van der Waals surface area contributed by atoms with Crippen LogP contribution in [0, 0.1) is 12.8 Å². The van der Waals surface area contributed by atoms with Gasteiger partial charge in [0.1, 0.15) is 5.92 Å². The molecule has 2 amide bonds. The molecule has 0 aliphatic carbocycles. The zero-order chi connectivity index (χ0) is 22.4. The van der Waals surface area contributed by atoms with Crippen molar-refractivity contribution in [3.05, 3.63) is 90.0 Å². The molecule has 2 fully saturated rings. The van der Waals surface area contributed by atoms with Crippen molar-refractivity contribution in [3.63, 3.8) is 0 Å². The lowest BCUT2D eigenvalue weighted by Gasteiger charge is -2.29. The van der Waals surface area contributed by atoms with Gasteiger partial charge in [0.25, 0.3) is 5.91 Å². The molecule has 32 heavy (non-hydrogen) atoms. The van der Waals surface area contributed by atoms with E-state index in [1.807, 2.05) is 105 Å². The van der Waals surface area contributed by atoms with Gasteiger partial charge in [-0.15, -0.1) is 0 Å². The van der Waals surface area contributed by atoms with E-state index >= 15 is 0 Å². The van der Waals surface area contributed by atoms with Gasteiger partial charge in [0, 0.05) is 19.8 Å². The molecule has 5 rings (SSSR count). The number of amides is 2. The van der Waals surface area contributed by atoms with Gasteiger partial charge in [-0.1, -0.05) is 48.0 Å². The second kappa shape index (κ2) is 7.80. The number of carbonyl (C=O) groups excluding carboxylic acids is 2. The Hall–Kier alpha value is -3.64. The van der Waals surface area contributed by atoms with Gasteiger partial charge in [0.05, 0.1) is 17.4 Å². The van der Waals surface area contributed by atoms with Crippen LogP contribution in [0.15, 0.2) is 78.9 Å². The number of nitrogens with zero attached hydrogens (tertiary/aromatic N) is 3. The highest BCUT2D eigenvalue weighted by Crippen LogP contribution is 2.47. The van der Waals surface area contributed by atoms with E-state index in [9.17, 15) is 9.59 Å². The van der Waals surface area contributed by atoms with Gasteiger partial charge in [-0.25, -0.2) is 9.96 Å². The number of carbonyl (C=O) groups is 2. The van der Waals surface area contributed by atoms with Crippen LogP contribution in [0.5, 0.6) is 0 Å². The van der Waals surface area contributed by atoms with E-state index in [0.29, 0.717) is 5.69 Å². The maximum absolute atomic E-state index is 13.6. The first-order valence-electron chi connectivity index (χ1n) is 10.7. The van der Waals surface area contributed by atoms with Crippen molar-refractivity contribution in [2.45, 2.75) is 19.1 Å². The van der Waals surface area contributed by atoms with Crippen molar-refractivity contribution in [1.82, 2.24) is 0 Å². The lowest BCUT2D eigenvalue weighted by Crippen LogP contribution is -2.37. The van der Waals surface area contributed by atoms with Crippen LogP contribution >= 0.6 is 0 Å². The highest BCUT2D eigenvalue weighted by atomic mass is 16.7. The number of rotatable bonds is 4. The van der Waals surface area contributed by atoms with Crippen molar-refractivity contribution < 1.29 is 14.4 Å². The summed E-state index contributed by atoms with van der Waals surface area (Å²) >= 11 is 0.